The molecule has 0 rings (SSSR count). The van der Waals surface area contributed by atoms with Crippen LogP contribution in [-0.4, -0.2) is 13.2 Å². The standard InChI is InChI=1S/C3H6FN3/c4-2-1-3-6-7-5/h1-3H2. The van der Waals surface area contributed by atoms with Crippen LogP contribution in [0.4, 0.5) is 4.39 Å². The van der Waals surface area contributed by atoms with Crippen molar-refractivity contribution in [2.75, 3.05) is 13.2 Å². The number of halogens is 1. The predicted molar refractivity (Wildman–Crippen MR) is 24.6 cm³/mol. The minimum atomic E-state index is -0.404. The highest BCUT2D eigenvalue weighted by Gasteiger charge is 1.76. The van der Waals surface area contributed by atoms with Crippen LogP contribution in [0, 0.1) is 0 Å². The van der Waals surface area contributed by atoms with Gasteiger partial charge >= 0.3 is 0 Å². The Hall–Kier alpha value is -0.760. The van der Waals surface area contributed by atoms with Gasteiger partial charge < -0.3 is 0 Å². The Labute approximate surface area is 40.8 Å². The third-order valence-electron chi connectivity index (χ3n) is 0.455. The van der Waals surface area contributed by atoms with Gasteiger partial charge in [0.15, 0.2) is 0 Å². The topological polar surface area (TPSA) is 48.8 Å². The summed E-state index contributed by atoms with van der Waals surface area (Å²) in [4.78, 5) is 2.43. The molecule has 0 saturated carbocycles. The van der Waals surface area contributed by atoms with Crippen LogP contribution < -0.4 is 0 Å². The summed E-state index contributed by atoms with van der Waals surface area (Å²) < 4.78 is 11.1. The van der Waals surface area contributed by atoms with Crippen molar-refractivity contribution in [3.05, 3.63) is 10.4 Å². The molecular weight excluding hydrogens is 97.1 g/mol. The third-order valence-corrected chi connectivity index (χ3v) is 0.455. The second kappa shape index (κ2) is 5.24. The Morgan fingerprint density at radius 1 is 1.71 bits per heavy atom. The van der Waals surface area contributed by atoms with E-state index in [0.717, 1.165) is 0 Å². The van der Waals surface area contributed by atoms with E-state index < -0.39 is 6.67 Å². The maximum atomic E-state index is 11.1. The van der Waals surface area contributed by atoms with Gasteiger partial charge in [-0.05, 0) is 12.0 Å². The molecule has 0 aliphatic carbocycles. The molecule has 0 bridgehead atoms. The second-order valence-electron chi connectivity index (χ2n) is 0.997. The maximum absolute atomic E-state index is 11.1. The van der Waals surface area contributed by atoms with Gasteiger partial charge in [-0.1, -0.05) is 5.11 Å². The zero-order valence-corrected chi connectivity index (χ0v) is 3.84. The van der Waals surface area contributed by atoms with Crippen LogP contribution in [0.15, 0.2) is 5.11 Å². The van der Waals surface area contributed by atoms with E-state index in [4.69, 9.17) is 5.53 Å². The Morgan fingerprint density at radius 2 is 2.43 bits per heavy atom. The van der Waals surface area contributed by atoms with Crippen LogP contribution >= 0.6 is 0 Å². The van der Waals surface area contributed by atoms with Crippen LogP contribution in [0.5, 0.6) is 0 Å². The minimum Gasteiger partial charge on any atom is -0.251 e. The summed E-state index contributed by atoms with van der Waals surface area (Å²) in [6.45, 7) is -0.133. The molecule has 0 saturated heterocycles. The number of nitrogens with zero attached hydrogens (tertiary/aromatic N) is 3. The highest BCUT2D eigenvalue weighted by atomic mass is 19.1. The first kappa shape index (κ1) is 6.24. The Balaban J connectivity index is 2.83. The molecule has 0 aliphatic heterocycles. The van der Waals surface area contributed by atoms with Crippen molar-refractivity contribution in [1.82, 2.24) is 0 Å². The molecule has 0 aromatic heterocycles. The lowest BCUT2D eigenvalue weighted by Gasteiger charge is -1.78. The number of azide groups is 1. The van der Waals surface area contributed by atoms with Crippen molar-refractivity contribution in [3.8, 4) is 0 Å². The van der Waals surface area contributed by atoms with Crippen molar-refractivity contribution in [2.24, 2.45) is 5.11 Å². The summed E-state index contributed by atoms with van der Waals surface area (Å²) in [7, 11) is 0. The fourth-order valence-corrected chi connectivity index (χ4v) is 0.175. The van der Waals surface area contributed by atoms with E-state index in [2.05, 4.69) is 10.0 Å². The molecule has 0 fully saturated rings. The van der Waals surface area contributed by atoms with E-state index in [0.29, 0.717) is 6.42 Å². The average molecular weight is 103 g/mol. The van der Waals surface area contributed by atoms with Gasteiger partial charge in [0, 0.05) is 11.5 Å². The summed E-state index contributed by atoms with van der Waals surface area (Å²) in [6.07, 6.45) is 0.337. The normalized spacial score (nSPS) is 7.57. The van der Waals surface area contributed by atoms with Gasteiger partial charge in [-0.3, -0.25) is 4.39 Å². The summed E-state index contributed by atoms with van der Waals surface area (Å²) in [5, 5.41) is 3.10. The molecule has 0 unspecified atom stereocenters. The first-order valence-electron chi connectivity index (χ1n) is 1.98. The lowest BCUT2D eigenvalue weighted by Crippen LogP contribution is -1.77. The molecule has 0 spiro atoms. The number of alkyl halides is 1. The average Bonchev–Trinajstić information content (AvgIpc) is 1.69. The van der Waals surface area contributed by atoms with E-state index in [1.807, 2.05) is 0 Å². The summed E-state index contributed by atoms with van der Waals surface area (Å²) >= 11 is 0. The molecule has 40 valence electrons. The molecule has 0 aliphatic rings. The Bertz CT molecular complexity index is 76.2. The predicted octanol–water partition coefficient (Wildman–Crippen LogP) is 1.66. The molecule has 0 radical (unpaired) electrons. The van der Waals surface area contributed by atoms with Crippen molar-refractivity contribution in [2.45, 2.75) is 6.42 Å². The molecule has 3 nitrogen and oxygen atoms in total. The Kier molecular flexibility index (Phi) is 4.67. The van der Waals surface area contributed by atoms with Crippen LogP contribution in [0.1, 0.15) is 6.42 Å². The highest BCUT2D eigenvalue weighted by Crippen LogP contribution is 1.80. The van der Waals surface area contributed by atoms with Crippen molar-refractivity contribution >= 4 is 0 Å². The molecule has 7 heavy (non-hydrogen) atoms. The van der Waals surface area contributed by atoms with Crippen LogP contribution in [-0.2, 0) is 0 Å². The van der Waals surface area contributed by atoms with Crippen LogP contribution in [0.25, 0.3) is 10.4 Å². The molecule has 0 N–H and O–H groups in total. The Morgan fingerprint density at radius 3 is 2.86 bits per heavy atom. The quantitative estimate of drug-likeness (QED) is 0.226. The zero-order chi connectivity index (χ0) is 5.54. The fourth-order valence-electron chi connectivity index (χ4n) is 0.175. The highest BCUT2D eigenvalue weighted by molar-refractivity contribution is 4.44. The van der Waals surface area contributed by atoms with Gasteiger partial charge in [-0.2, -0.15) is 0 Å². The molecule has 0 aromatic carbocycles. The number of hydrogen-bond donors (Lipinski definition) is 0. The van der Waals surface area contributed by atoms with Gasteiger partial charge in [0.2, 0.25) is 0 Å². The third kappa shape index (κ3) is 5.24. The van der Waals surface area contributed by atoms with Gasteiger partial charge in [0.25, 0.3) is 0 Å². The molecule has 0 amide bonds. The van der Waals surface area contributed by atoms with Gasteiger partial charge in [0.1, 0.15) is 0 Å². The van der Waals surface area contributed by atoms with Crippen molar-refractivity contribution < 1.29 is 4.39 Å². The maximum Gasteiger partial charge on any atom is 0.0895 e. The van der Waals surface area contributed by atoms with E-state index in [-0.39, 0.29) is 6.54 Å². The lowest BCUT2D eigenvalue weighted by atomic mass is 10.5. The van der Waals surface area contributed by atoms with Gasteiger partial charge in [-0.15, -0.1) is 0 Å². The second-order valence-corrected chi connectivity index (χ2v) is 0.997. The van der Waals surface area contributed by atoms with Crippen LogP contribution in [0.2, 0.25) is 0 Å². The molecule has 0 heterocycles. The SMILES string of the molecule is [N-]=[N+]=NCCCF. The van der Waals surface area contributed by atoms with E-state index in [1.54, 1.807) is 0 Å². The van der Waals surface area contributed by atoms with Crippen LogP contribution in [0.3, 0.4) is 0 Å². The smallest absolute Gasteiger partial charge is 0.0895 e. The van der Waals surface area contributed by atoms with E-state index in [9.17, 15) is 4.39 Å². The summed E-state index contributed by atoms with van der Waals surface area (Å²) in [5.41, 5.74) is 7.63. The largest absolute Gasteiger partial charge is 0.251 e. The molecule has 0 aromatic rings. The lowest BCUT2D eigenvalue weighted by molar-refractivity contribution is 0.477. The fraction of sp³-hybridized carbons (Fsp3) is 1.00. The summed E-state index contributed by atoms with van der Waals surface area (Å²) in [6, 6.07) is 0. The molecule has 0 atom stereocenters. The van der Waals surface area contributed by atoms with E-state index >= 15 is 0 Å². The van der Waals surface area contributed by atoms with E-state index in [1.165, 1.54) is 0 Å². The molecule has 4 heteroatoms. The number of hydrogen-bond acceptors (Lipinski definition) is 1. The van der Waals surface area contributed by atoms with Gasteiger partial charge in [0.05, 0.1) is 6.67 Å². The number of rotatable bonds is 3. The monoisotopic (exact) mass is 103 g/mol. The summed E-state index contributed by atoms with van der Waals surface area (Å²) in [5.74, 6) is 0. The first-order chi connectivity index (χ1) is 3.41. The first-order valence-corrected chi connectivity index (χ1v) is 1.98. The zero-order valence-electron chi connectivity index (χ0n) is 3.84. The van der Waals surface area contributed by atoms with Crippen molar-refractivity contribution in [3.63, 3.8) is 0 Å². The minimum absolute atomic E-state index is 0.271. The molecular formula is C3H6FN3. The van der Waals surface area contributed by atoms with Gasteiger partial charge in [-0.25, -0.2) is 0 Å². The van der Waals surface area contributed by atoms with Crippen molar-refractivity contribution in [1.29, 1.82) is 0 Å².